The Morgan fingerprint density at radius 1 is 1.32 bits per heavy atom. The molecule has 0 aliphatic carbocycles. The normalized spacial score (nSPS) is 11.9. The number of para-hydroxylation sites is 1. The van der Waals surface area contributed by atoms with Crippen molar-refractivity contribution in [2.75, 3.05) is 5.32 Å². The van der Waals surface area contributed by atoms with Gasteiger partial charge >= 0.3 is 0 Å². The number of carbonyl (C=O) groups is 1. The van der Waals surface area contributed by atoms with E-state index in [1.165, 1.54) is 6.21 Å². The summed E-state index contributed by atoms with van der Waals surface area (Å²) in [4.78, 5) is 12.1. The fraction of sp³-hybridized carbons (Fsp3) is 0.158. The molecule has 5 nitrogen and oxygen atoms in total. The maximum absolute atomic E-state index is 12.1. The number of hydrazone groups is 1. The van der Waals surface area contributed by atoms with Crippen molar-refractivity contribution in [1.29, 1.82) is 0 Å². The first-order chi connectivity index (χ1) is 12.0. The molecule has 25 heavy (non-hydrogen) atoms. The van der Waals surface area contributed by atoms with Crippen LogP contribution in [0.1, 0.15) is 18.1 Å². The highest BCUT2D eigenvalue weighted by molar-refractivity contribution is 9.10. The molecule has 0 unspecified atom stereocenters. The molecule has 0 spiro atoms. The minimum atomic E-state index is -0.459. The summed E-state index contributed by atoms with van der Waals surface area (Å²) in [5, 5.41) is 17.2. The number of carbonyl (C=O) groups excluding carboxylic acids is 1. The Kier molecular flexibility index (Phi) is 6.77. The summed E-state index contributed by atoms with van der Waals surface area (Å²) in [5.41, 5.74) is 4.60. The molecule has 3 N–H and O–H groups in total. The number of nitrogens with zero attached hydrogens (tertiary/aromatic N) is 1. The number of halogens is 1. The molecule has 2 aromatic rings. The topological polar surface area (TPSA) is 73.7 Å². The number of amides is 1. The van der Waals surface area contributed by atoms with Gasteiger partial charge in [0.25, 0.3) is 5.91 Å². The molecule has 0 aliphatic heterocycles. The summed E-state index contributed by atoms with van der Waals surface area (Å²) >= 11 is 3.37. The number of phenols is 1. The molecule has 0 aromatic heterocycles. The summed E-state index contributed by atoms with van der Waals surface area (Å²) in [6.45, 7) is 5.40. The molecule has 0 aliphatic rings. The third-order valence-corrected chi connectivity index (χ3v) is 4.04. The smallest absolute Gasteiger partial charge is 0.262 e. The van der Waals surface area contributed by atoms with Gasteiger partial charge in [0, 0.05) is 15.7 Å². The van der Waals surface area contributed by atoms with Gasteiger partial charge in [-0.2, -0.15) is 5.10 Å². The minimum absolute atomic E-state index is 0.140. The van der Waals surface area contributed by atoms with Crippen molar-refractivity contribution in [3.63, 3.8) is 0 Å². The first kappa shape index (κ1) is 18.7. The van der Waals surface area contributed by atoms with Crippen molar-refractivity contribution in [3.8, 4) is 5.75 Å². The van der Waals surface area contributed by atoms with E-state index in [1.54, 1.807) is 19.1 Å². The SMILES string of the molecule is C=CCc1cccc(/C=N\NC(=O)[C@H](C)Nc2ccc(Br)cc2)c1O. The van der Waals surface area contributed by atoms with Gasteiger partial charge in [0.1, 0.15) is 11.8 Å². The molecule has 0 radical (unpaired) electrons. The van der Waals surface area contributed by atoms with Gasteiger partial charge in [0.2, 0.25) is 0 Å². The monoisotopic (exact) mass is 401 g/mol. The Balaban J connectivity index is 1.94. The van der Waals surface area contributed by atoms with E-state index >= 15 is 0 Å². The van der Waals surface area contributed by atoms with E-state index in [0.29, 0.717) is 12.0 Å². The number of anilines is 1. The quantitative estimate of drug-likeness (QED) is 0.374. The van der Waals surface area contributed by atoms with E-state index in [2.05, 4.69) is 38.4 Å². The van der Waals surface area contributed by atoms with Crippen LogP contribution in [0.2, 0.25) is 0 Å². The van der Waals surface area contributed by atoms with Crippen LogP contribution >= 0.6 is 15.9 Å². The van der Waals surface area contributed by atoms with Crippen LogP contribution in [0.4, 0.5) is 5.69 Å². The predicted octanol–water partition coefficient (Wildman–Crippen LogP) is 3.83. The van der Waals surface area contributed by atoms with E-state index in [1.807, 2.05) is 36.4 Å². The molecular formula is C19H20BrN3O2. The predicted molar refractivity (Wildman–Crippen MR) is 105 cm³/mol. The van der Waals surface area contributed by atoms with Gasteiger partial charge in [-0.15, -0.1) is 6.58 Å². The molecule has 0 heterocycles. The van der Waals surface area contributed by atoms with Crippen LogP contribution in [-0.2, 0) is 11.2 Å². The third kappa shape index (κ3) is 5.46. The van der Waals surface area contributed by atoms with Crippen LogP contribution in [0, 0.1) is 0 Å². The Hall–Kier alpha value is -2.60. The van der Waals surface area contributed by atoms with Gasteiger partial charge in [0.15, 0.2) is 0 Å². The zero-order valence-electron chi connectivity index (χ0n) is 13.9. The van der Waals surface area contributed by atoms with Crippen LogP contribution in [-0.4, -0.2) is 23.3 Å². The molecular weight excluding hydrogens is 382 g/mol. The van der Waals surface area contributed by atoms with Gasteiger partial charge in [0.05, 0.1) is 6.21 Å². The van der Waals surface area contributed by atoms with Crippen LogP contribution in [0.15, 0.2) is 64.7 Å². The number of hydrogen-bond acceptors (Lipinski definition) is 4. The van der Waals surface area contributed by atoms with Gasteiger partial charge in [-0.05, 0) is 49.2 Å². The first-order valence-corrected chi connectivity index (χ1v) is 8.57. The maximum Gasteiger partial charge on any atom is 0.262 e. The number of benzene rings is 2. The molecule has 0 saturated carbocycles. The van der Waals surface area contributed by atoms with Crippen LogP contribution < -0.4 is 10.7 Å². The standard InChI is InChI=1S/C19H20BrN3O2/c1-3-5-14-6-4-7-15(18(14)24)12-21-23-19(25)13(2)22-17-10-8-16(20)9-11-17/h3-4,6-13,22,24H,1,5H2,2H3,(H,23,25)/b21-12-/t13-/m0/s1. The second-order valence-electron chi connectivity index (χ2n) is 5.45. The van der Waals surface area contributed by atoms with E-state index in [9.17, 15) is 9.90 Å². The Morgan fingerprint density at radius 2 is 2.04 bits per heavy atom. The van der Waals surface area contributed by atoms with Gasteiger partial charge in [-0.25, -0.2) is 5.43 Å². The molecule has 0 saturated heterocycles. The average molecular weight is 402 g/mol. The Bertz CT molecular complexity index is 773. The number of nitrogens with one attached hydrogen (secondary N) is 2. The van der Waals surface area contributed by atoms with Gasteiger partial charge < -0.3 is 10.4 Å². The van der Waals surface area contributed by atoms with Crippen LogP contribution in [0.25, 0.3) is 0 Å². The summed E-state index contributed by atoms with van der Waals surface area (Å²) in [6, 6.07) is 12.4. The summed E-state index contributed by atoms with van der Waals surface area (Å²) in [5.74, 6) is -0.137. The zero-order valence-corrected chi connectivity index (χ0v) is 15.5. The van der Waals surface area contributed by atoms with Crippen molar-refractivity contribution in [2.24, 2.45) is 5.10 Å². The van der Waals surface area contributed by atoms with Crippen molar-refractivity contribution in [3.05, 3.63) is 70.7 Å². The lowest BCUT2D eigenvalue weighted by Gasteiger charge is -2.13. The molecule has 130 valence electrons. The lowest BCUT2D eigenvalue weighted by atomic mass is 10.1. The van der Waals surface area contributed by atoms with Crippen molar-refractivity contribution >= 4 is 33.7 Å². The fourth-order valence-electron chi connectivity index (χ4n) is 2.16. The number of aromatic hydroxyl groups is 1. The highest BCUT2D eigenvalue weighted by atomic mass is 79.9. The van der Waals surface area contributed by atoms with Crippen LogP contribution in [0.3, 0.4) is 0 Å². The Morgan fingerprint density at radius 3 is 2.72 bits per heavy atom. The number of rotatable bonds is 7. The van der Waals surface area contributed by atoms with Crippen molar-refractivity contribution in [2.45, 2.75) is 19.4 Å². The van der Waals surface area contributed by atoms with E-state index < -0.39 is 6.04 Å². The molecule has 2 rings (SSSR count). The number of hydrogen-bond donors (Lipinski definition) is 3. The van der Waals surface area contributed by atoms with E-state index in [-0.39, 0.29) is 11.7 Å². The van der Waals surface area contributed by atoms with Gasteiger partial charge in [-0.1, -0.05) is 34.1 Å². The van der Waals surface area contributed by atoms with E-state index in [4.69, 9.17) is 0 Å². The molecule has 1 atom stereocenters. The molecule has 6 heteroatoms. The second-order valence-corrected chi connectivity index (χ2v) is 6.37. The van der Waals surface area contributed by atoms with Crippen molar-refractivity contribution in [1.82, 2.24) is 5.43 Å². The molecule has 0 fully saturated rings. The Labute approximate surface area is 155 Å². The summed E-state index contributed by atoms with van der Waals surface area (Å²) < 4.78 is 0.971. The lowest BCUT2D eigenvalue weighted by Crippen LogP contribution is -2.34. The first-order valence-electron chi connectivity index (χ1n) is 7.78. The van der Waals surface area contributed by atoms with E-state index in [0.717, 1.165) is 15.7 Å². The summed E-state index contributed by atoms with van der Waals surface area (Å²) in [6.07, 6.45) is 3.70. The summed E-state index contributed by atoms with van der Waals surface area (Å²) in [7, 11) is 0. The minimum Gasteiger partial charge on any atom is -0.507 e. The molecule has 0 bridgehead atoms. The van der Waals surface area contributed by atoms with Crippen molar-refractivity contribution < 1.29 is 9.90 Å². The molecule has 2 aromatic carbocycles. The fourth-order valence-corrected chi connectivity index (χ4v) is 2.42. The second kappa shape index (κ2) is 9.03. The number of phenolic OH excluding ortho intramolecular Hbond substituents is 1. The largest absolute Gasteiger partial charge is 0.507 e. The average Bonchev–Trinajstić information content (AvgIpc) is 2.60. The zero-order chi connectivity index (χ0) is 18.2. The highest BCUT2D eigenvalue weighted by Crippen LogP contribution is 2.21. The van der Waals surface area contributed by atoms with Gasteiger partial charge in [-0.3, -0.25) is 4.79 Å². The highest BCUT2D eigenvalue weighted by Gasteiger charge is 2.11. The van der Waals surface area contributed by atoms with Crippen LogP contribution in [0.5, 0.6) is 5.75 Å². The third-order valence-electron chi connectivity index (χ3n) is 3.51. The lowest BCUT2D eigenvalue weighted by molar-refractivity contribution is -0.121. The maximum atomic E-state index is 12.1. The molecule has 1 amide bonds. The number of allylic oxidation sites excluding steroid dienone is 1.